The summed E-state index contributed by atoms with van der Waals surface area (Å²) in [6, 6.07) is 4.48. The number of nitro benzene ring substituents is 1. The molecule has 1 heterocycles. The lowest BCUT2D eigenvalue weighted by Crippen LogP contribution is -2.26. The first-order valence-corrected chi connectivity index (χ1v) is 6.73. The summed E-state index contributed by atoms with van der Waals surface area (Å²) < 4.78 is 5.07. The van der Waals surface area contributed by atoms with Crippen molar-refractivity contribution < 1.29 is 14.2 Å². The zero-order chi connectivity index (χ0) is 16.4. The molecule has 0 saturated carbocycles. The van der Waals surface area contributed by atoms with Crippen molar-refractivity contribution in [2.45, 2.75) is 27.3 Å². The van der Waals surface area contributed by atoms with E-state index in [-0.39, 0.29) is 17.2 Å². The van der Waals surface area contributed by atoms with E-state index in [1.165, 1.54) is 11.0 Å². The molecule has 1 aromatic carbocycles. The molecule has 0 unspecified atom stereocenters. The lowest BCUT2D eigenvalue weighted by atomic mass is 10.1. The first-order valence-electron chi connectivity index (χ1n) is 6.73. The third kappa shape index (κ3) is 2.98. The number of nitrogens with zero attached hydrogens (tertiary/aromatic N) is 3. The molecule has 22 heavy (non-hydrogen) atoms. The molecule has 0 radical (unpaired) electrons. The van der Waals surface area contributed by atoms with Crippen LogP contribution in [0.1, 0.15) is 32.9 Å². The molecule has 0 aliphatic rings. The number of aryl methyl sites for hydroxylation is 3. The van der Waals surface area contributed by atoms with Gasteiger partial charge in [-0.2, -0.15) is 0 Å². The number of rotatable bonds is 4. The Balaban J connectivity index is 2.24. The number of hydrogen-bond acceptors (Lipinski definition) is 5. The quantitative estimate of drug-likeness (QED) is 0.640. The Bertz CT molecular complexity index is 717. The van der Waals surface area contributed by atoms with Crippen molar-refractivity contribution in [3.05, 3.63) is 56.5 Å². The van der Waals surface area contributed by atoms with E-state index in [0.717, 1.165) is 11.3 Å². The van der Waals surface area contributed by atoms with Crippen molar-refractivity contribution in [2.75, 3.05) is 7.05 Å². The number of nitro groups is 1. The van der Waals surface area contributed by atoms with Gasteiger partial charge in [-0.05, 0) is 26.8 Å². The van der Waals surface area contributed by atoms with E-state index < -0.39 is 4.92 Å². The normalized spacial score (nSPS) is 10.5. The maximum Gasteiger partial charge on any atom is 0.273 e. The highest BCUT2D eigenvalue weighted by Gasteiger charge is 2.20. The molecule has 2 rings (SSSR count). The highest BCUT2D eigenvalue weighted by Crippen LogP contribution is 2.21. The summed E-state index contributed by atoms with van der Waals surface area (Å²) >= 11 is 0. The summed E-state index contributed by atoms with van der Waals surface area (Å²) in [4.78, 5) is 24.4. The number of benzene rings is 1. The van der Waals surface area contributed by atoms with Crippen LogP contribution in [0.25, 0.3) is 0 Å². The Hall–Kier alpha value is -2.70. The highest BCUT2D eigenvalue weighted by atomic mass is 16.6. The predicted molar refractivity (Wildman–Crippen MR) is 79.6 cm³/mol. The van der Waals surface area contributed by atoms with Gasteiger partial charge in [0.2, 0.25) is 0 Å². The monoisotopic (exact) mass is 303 g/mol. The van der Waals surface area contributed by atoms with Crippen molar-refractivity contribution in [1.82, 2.24) is 10.1 Å². The molecule has 0 saturated heterocycles. The van der Waals surface area contributed by atoms with E-state index in [0.29, 0.717) is 17.9 Å². The standard InChI is InChI=1S/C15H17N3O4/c1-9-5-6-12(7-14(9)18(20)21)15(19)17(4)8-13-10(2)16-22-11(13)3/h5-7H,8H2,1-4H3. The van der Waals surface area contributed by atoms with Crippen molar-refractivity contribution >= 4 is 11.6 Å². The van der Waals surface area contributed by atoms with Crippen LogP contribution in [0.4, 0.5) is 5.69 Å². The second kappa shape index (κ2) is 5.97. The van der Waals surface area contributed by atoms with Gasteiger partial charge < -0.3 is 9.42 Å². The molecule has 2 aromatic rings. The maximum atomic E-state index is 12.4. The summed E-state index contributed by atoms with van der Waals surface area (Å²) in [6.45, 7) is 5.56. The van der Waals surface area contributed by atoms with E-state index in [1.807, 2.05) is 0 Å². The van der Waals surface area contributed by atoms with Gasteiger partial charge >= 0.3 is 0 Å². The molecule has 0 aliphatic carbocycles. The minimum atomic E-state index is -0.486. The van der Waals surface area contributed by atoms with E-state index >= 15 is 0 Å². The topological polar surface area (TPSA) is 89.5 Å². The highest BCUT2D eigenvalue weighted by molar-refractivity contribution is 5.94. The van der Waals surface area contributed by atoms with Gasteiger partial charge in [-0.3, -0.25) is 14.9 Å². The molecule has 1 amide bonds. The summed E-state index contributed by atoms with van der Waals surface area (Å²) in [5.74, 6) is 0.370. The maximum absolute atomic E-state index is 12.4. The molecule has 0 bridgehead atoms. The van der Waals surface area contributed by atoms with Crippen LogP contribution in [0.3, 0.4) is 0 Å². The largest absolute Gasteiger partial charge is 0.361 e. The zero-order valence-electron chi connectivity index (χ0n) is 12.9. The molecule has 7 nitrogen and oxygen atoms in total. The Kier molecular flexibility index (Phi) is 4.25. The van der Waals surface area contributed by atoms with Crippen LogP contribution in [0.15, 0.2) is 22.7 Å². The van der Waals surface area contributed by atoms with Gasteiger partial charge in [-0.15, -0.1) is 0 Å². The first kappa shape index (κ1) is 15.7. The van der Waals surface area contributed by atoms with Gasteiger partial charge in [0, 0.05) is 29.8 Å². The van der Waals surface area contributed by atoms with Gasteiger partial charge in [-0.1, -0.05) is 11.2 Å². The average molecular weight is 303 g/mol. The number of carbonyl (C=O) groups excluding carboxylic acids is 1. The van der Waals surface area contributed by atoms with Gasteiger partial charge in [0.1, 0.15) is 5.76 Å². The number of hydrogen-bond donors (Lipinski definition) is 0. The smallest absolute Gasteiger partial charge is 0.273 e. The van der Waals surface area contributed by atoms with E-state index in [1.54, 1.807) is 40.0 Å². The fraction of sp³-hybridized carbons (Fsp3) is 0.333. The lowest BCUT2D eigenvalue weighted by molar-refractivity contribution is -0.385. The number of amides is 1. The molecule has 0 atom stereocenters. The lowest BCUT2D eigenvalue weighted by Gasteiger charge is -2.17. The van der Waals surface area contributed by atoms with Crippen LogP contribution < -0.4 is 0 Å². The second-order valence-electron chi connectivity index (χ2n) is 5.22. The Morgan fingerprint density at radius 2 is 2.05 bits per heavy atom. The first-order chi connectivity index (χ1) is 10.3. The molecule has 0 fully saturated rings. The fourth-order valence-corrected chi connectivity index (χ4v) is 2.20. The van der Waals surface area contributed by atoms with Crippen LogP contribution >= 0.6 is 0 Å². The third-order valence-corrected chi connectivity index (χ3v) is 3.58. The Labute approximate surface area is 127 Å². The molecular weight excluding hydrogens is 286 g/mol. The minimum Gasteiger partial charge on any atom is -0.361 e. The van der Waals surface area contributed by atoms with E-state index in [9.17, 15) is 14.9 Å². The fourth-order valence-electron chi connectivity index (χ4n) is 2.20. The van der Waals surface area contributed by atoms with Crippen LogP contribution in [0.2, 0.25) is 0 Å². The van der Waals surface area contributed by atoms with Gasteiger partial charge in [-0.25, -0.2) is 0 Å². The van der Waals surface area contributed by atoms with Crippen LogP contribution in [-0.4, -0.2) is 27.9 Å². The van der Waals surface area contributed by atoms with Gasteiger partial charge in [0.05, 0.1) is 17.2 Å². The average Bonchev–Trinajstić information content (AvgIpc) is 2.78. The summed E-state index contributed by atoms with van der Waals surface area (Å²) in [5, 5.41) is 14.8. The SMILES string of the molecule is Cc1ccc(C(=O)N(C)Cc2c(C)noc2C)cc1[N+](=O)[O-]. The van der Waals surface area contributed by atoms with Crippen molar-refractivity contribution in [1.29, 1.82) is 0 Å². The number of aromatic nitrogens is 1. The molecule has 0 spiro atoms. The Morgan fingerprint density at radius 1 is 1.36 bits per heavy atom. The molecule has 1 aromatic heterocycles. The summed E-state index contributed by atoms with van der Waals surface area (Å²) in [6.07, 6.45) is 0. The third-order valence-electron chi connectivity index (χ3n) is 3.58. The van der Waals surface area contributed by atoms with Crippen molar-refractivity contribution in [3.63, 3.8) is 0 Å². The van der Waals surface area contributed by atoms with Crippen LogP contribution in [0, 0.1) is 30.9 Å². The van der Waals surface area contributed by atoms with E-state index in [2.05, 4.69) is 5.16 Å². The molecule has 0 N–H and O–H groups in total. The van der Waals surface area contributed by atoms with Crippen molar-refractivity contribution in [2.24, 2.45) is 0 Å². The predicted octanol–water partition coefficient (Wildman–Crippen LogP) is 2.78. The van der Waals surface area contributed by atoms with Crippen molar-refractivity contribution in [3.8, 4) is 0 Å². The summed E-state index contributed by atoms with van der Waals surface area (Å²) in [5.41, 5.74) is 2.32. The van der Waals surface area contributed by atoms with E-state index in [4.69, 9.17) is 4.52 Å². The van der Waals surface area contributed by atoms with Gasteiger partial charge in [0.25, 0.3) is 11.6 Å². The molecule has 7 heteroatoms. The summed E-state index contributed by atoms with van der Waals surface area (Å²) in [7, 11) is 1.64. The second-order valence-corrected chi connectivity index (χ2v) is 5.22. The molecule has 0 aliphatic heterocycles. The molecular formula is C15H17N3O4. The van der Waals surface area contributed by atoms with Crippen LogP contribution in [0.5, 0.6) is 0 Å². The Morgan fingerprint density at radius 3 is 2.59 bits per heavy atom. The van der Waals surface area contributed by atoms with Gasteiger partial charge in [0.15, 0.2) is 0 Å². The van der Waals surface area contributed by atoms with Crippen LogP contribution in [-0.2, 0) is 6.54 Å². The zero-order valence-corrected chi connectivity index (χ0v) is 12.9. The minimum absolute atomic E-state index is 0.0587. The molecule has 116 valence electrons. The number of carbonyl (C=O) groups is 1.